The quantitative estimate of drug-likeness (QED) is 0.614. The van der Waals surface area contributed by atoms with Crippen LogP contribution in [0.3, 0.4) is 0 Å². The minimum Gasteiger partial charge on any atom is -0.711 e. The molecule has 0 saturated heterocycles. The van der Waals surface area contributed by atoms with E-state index in [9.17, 15) is 4.79 Å². The van der Waals surface area contributed by atoms with E-state index in [0.717, 1.165) is 0 Å². The Hall–Kier alpha value is -1.72. The van der Waals surface area contributed by atoms with Crippen LogP contribution in [0.2, 0.25) is 10.0 Å². The summed E-state index contributed by atoms with van der Waals surface area (Å²) in [6.07, 6.45) is 0. The number of carbonyl (C=O) groups excluding carboxylic acids is 1. The van der Waals surface area contributed by atoms with Crippen molar-refractivity contribution in [2.75, 3.05) is 6.61 Å². The number of fused-ring (bicyclic) bond motifs is 1. The van der Waals surface area contributed by atoms with Gasteiger partial charge in [-0.05, 0) is 32.0 Å². The average Bonchev–Trinajstić information content (AvgIpc) is 2.44. The van der Waals surface area contributed by atoms with Gasteiger partial charge in [-0.1, -0.05) is 23.2 Å². The molecule has 21 heavy (non-hydrogen) atoms. The lowest BCUT2D eigenvalue weighted by Gasteiger charge is -2.18. The molecule has 0 aliphatic heterocycles. The van der Waals surface area contributed by atoms with E-state index >= 15 is 0 Å². The second kappa shape index (κ2) is 6.37. The number of pyridine rings is 1. The molecule has 0 saturated carbocycles. The molecule has 0 spiro atoms. The molecule has 5 nitrogen and oxygen atoms in total. The van der Waals surface area contributed by atoms with E-state index in [-0.39, 0.29) is 11.6 Å². The fraction of sp³-hybridized carbons (Fsp3) is 0.286. The number of ether oxygens (including phenoxy) is 1. The third-order valence-corrected chi connectivity index (χ3v) is 3.65. The number of carbonyl (C=O) groups is 1. The first-order chi connectivity index (χ1) is 9.99. The van der Waals surface area contributed by atoms with Gasteiger partial charge in [-0.25, -0.2) is 4.79 Å². The Bertz CT molecular complexity index is 719. The van der Waals surface area contributed by atoms with Crippen LogP contribution in [0.15, 0.2) is 23.3 Å². The van der Waals surface area contributed by atoms with Gasteiger partial charge in [0, 0.05) is 21.7 Å². The number of aryl methyl sites for hydroxylation is 1. The molecule has 0 fully saturated rings. The van der Waals surface area contributed by atoms with Crippen LogP contribution in [-0.2, 0) is 9.53 Å². The Morgan fingerprint density at radius 3 is 2.81 bits per heavy atom. The normalized spacial score (nSPS) is 12.2. The first kappa shape index (κ1) is 15.7. The van der Waals surface area contributed by atoms with E-state index in [2.05, 4.69) is 10.1 Å². The highest BCUT2D eigenvalue weighted by molar-refractivity contribution is 6.37. The maximum Gasteiger partial charge on any atom is 0.333 e. The average molecular weight is 325 g/mol. The Kier molecular flexibility index (Phi) is 4.75. The van der Waals surface area contributed by atoms with Crippen molar-refractivity contribution in [3.05, 3.63) is 45.0 Å². The van der Waals surface area contributed by atoms with Crippen molar-refractivity contribution >= 4 is 40.1 Å². The van der Waals surface area contributed by atoms with Gasteiger partial charge in [0.05, 0.1) is 17.1 Å². The standard InChI is InChI=1S/C14H12Cl2N3O2/c1-3-21-14(20)13(19-17)11-7(2)18-10-5-4-8(15)6-9(10)12(11)16/h4-6,13H,3H2,1-2H3/q-1. The molecule has 0 amide bonds. The van der Waals surface area contributed by atoms with Crippen molar-refractivity contribution < 1.29 is 9.53 Å². The van der Waals surface area contributed by atoms with Crippen molar-refractivity contribution in [2.24, 2.45) is 5.11 Å². The number of rotatable bonds is 4. The minimum atomic E-state index is -1.23. The summed E-state index contributed by atoms with van der Waals surface area (Å²) in [6.45, 7) is 3.53. The molecular formula is C14H12Cl2N3O2-. The van der Waals surface area contributed by atoms with Crippen LogP contribution >= 0.6 is 23.2 Å². The second-order valence-corrected chi connectivity index (χ2v) is 5.17. The first-order valence-electron chi connectivity index (χ1n) is 6.25. The first-order valence-corrected chi connectivity index (χ1v) is 7.01. The largest absolute Gasteiger partial charge is 0.711 e. The van der Waals surface area contributed by atoms with Gasteiger partial charge in [0.2, 0.25) is 0 Å². The summed E-state index contributed by atoms with van der Waals surface area (Å²) in [5, 5.41) is 4.45. The molecule has 0 N–H and O–H groups in total. The van der Waals surface area contributed by atoms with Crippen LogP contribution in [0.5, 0.6) is 0 Å². The molecule has 110 valence electrons. The third kappa shape index (κ3) is 2.99. The lowest BCUT2D eigenvalue weighted by molar-refractivity contribution is -0.144. The molecular weight excluding hydrogens is 313 g/mol. The van der Waals surface area contributed by atoms with Gasteiger partial charge in [0.25, 0.3) is 0 Å². The Labute approximate surface area is 131 Å². The lowest BCUT2D eigenvalue weighted by atomic mass is 10.0. The number of halogens is 2. The fourth-order valence-electron chi connectivity index (χ4n) is 2.09. The Balaban J connectivity index is 2.67. The molecule has 0 aliphatic rings. The summed E-state index contributed by atoms with van der Waals surface area (Å²) in [6, 6.07) is 3.85. The van der Waals surface area contributed by atoms with Gasteiger partial charge < -0.3 is 15.4 Å². The molecule has 1 heterocycles. The van der Waals surface area contributed by atoms with E-state index < -0.39 is 12.0 Å². The lowest BCUT2D eigenvalue weighted by Crippen LogP contribution is -2.16. The van der Waals surface area contributed by atoms with E-state index in [1.807, 2.05) is 0 Å². The highest BCUT2D eigenvalue weighted by Gasteiger charge is 2.25. The zero-order chi connectivity index (χ0) is 15.6. The van der Waals surface area contributed by atoms with E-state index in [1.54, 1.807) is 32.0 Å². The van der Waals surface area contributed by atoms with Crippen LogP contribution in [0.4, 0.5) is 0 Å². The maximum absolute atomic E-state index is 11.9. The van der Waals surface area contributed by atoms with Crippen molar-refractivity contribution in [3.8, 4) is 0 Å². The molecule has 1 aromatic carbocycles. The zero-order valence-corrected chi connectivity index (χ0v) is 12.9. The number of aromatic nitrogens is 1. The number of hydrogen-bond donors (Lipinski definition) is 0. The number of hydrogen-bond acceptors (Lipinski definition) is 4. The molecule has 0 bridgehead atoms. The third-order valence-electron chi connectivity index (χ3n) is 3.01. The number of nitrogens with zero attached hydrogens (tertiary/aromatic N) is 3. The molecule has 2 aromatic rings. The summed E-state index contributed by atoms with van der Waals surface area (Å²) < 4.78 is 4.89. The van der Waals surface area contributed by atoms with Crippen molar-refractivity contribution in [1.29, 1.82) is 0 Å². The predicted octanol–water partition coefficient (Wildman–Crippen LogP) is 4.48. The van der Waals surface area contributed by atoms with Crippen LogP contribution < -0.4 is 0 Å². The van der Waals surface area contributed by atoms with E-state index in [0.29, 0.717) is 27.2 Å². The summed E-state index contributed by atoms with van der Waals surface area (Å²) >= 11 is 12.3. The maximum atomic E-state index is 11.9. The Morgan fingerprint density at radius 2 is 2.19 bits per heavy atom. The van der Waals surface area contributed by atoms with Gasteiger partial charge >= 0.3 is 5.97 Å². The molecule has 1 unspecified atom stereocenters. The molecule has 1 atom stereocenters. The number of benzene rings is 1. The molecule has 1 aromatic heterocycles. The van der Waals surface area contributed by atoms with Crippen molar-refractivity contribution in [3.63, 3.8) is 0 Å². The highest BCUT2D eigenvalue weighted by Crippen LogP contribution is 2.35. The minimum absolute atomic E-state index is 0.175. The smallest absolute Gasteiger partial charge is 0.333 e. The Morgan fingerprint density at radius 1 is 1.48 bits per heavy atom. The van der Waals surface area contributed by atoms with Crippen LogP contribution in [0, 0.1) is 6.92 Å². The summed E-state index contributed by atoms with van der Waals surface area (Å²) in [7, 11) is 0. The van der Waals surface area contributed by atoms with Crippen LogP contribution in [0.25, 0.3) is 16.4 Å². The molecule has 0 radical (unpaired) electrons. The van der Waals surface area contributed by atoms with Gasteiger partial charge in [0.15, 0.2) is 6.04 Å². The molecule has 0 aliphatic carbocycles. The summed E-state index contributed by atoms with van der Waals surface area (Å²) in [5.41, 5.74) is 10.6. The second-order valence-electron chi connectivity index (χ2n) is 4.36. The van der Waals surface area contributed by atoms with Gasteiger partial charge in [-0.15, -0.1) is 0 Å². The predicted molar refractivity (Wildman–Crippen MR) is 81.7 cm³/mol. The topological polar surface area (TPSA) is 73.8 Å². The summed E-state index contributed by atoms with van der Waals surface area (Å²) in [5.74, 6) is -0.687. The fourth-order valence-corrected chi connectivity index (χ4v) is 2.65. The van der Waals surface area contributed by atoms with Gasteiger partial charge in [0.1, 0.15) is 0 Å². The van der Waals surface area contributed by atoms with Crippen LogP contribution in [-0.4, -0.2) is 17.6 Å². The van der Waals surface area contributed by atoms with Crippen LogP contribution in [0.1, 0.15) is 24.2 Å². The monoisotopic (exact) mass is 324 g/mol. The van der Waals surface area contributed by atoms with E-state index in [1.165, 1.54) is 0 Å². The highest BCUT2D eigenvalue weighted by atomic mass is 35.5. The molecule has 7 heteroatoms. The van der Waals surface area contributed by atoms with Gasteiger partial charge in [-0.3, -0.25) is 4.98 Å². The molecule has 2 rings (SSSR count). The summed E-state index contributed by atoms with van der Waals surface area (Å²) in [4.78, 5) is 16.3. The van der Waals surface area contributed by atoms with Gasteiger partial charge in [-0.2, -0.15) is 0 Å². The van der Waals surface area contributed by atoms with E-state index in [4.69, 9.17) is 33.5 Å². The SMILES string of the molecule is CCOC(=O)C(N=[N-])c1c(C)nc2ccc(Cl)cc2c1Cl. The number of esters is 1. The zero-order valence-electron chi connectivity index (χ0n) is 11.4. The van der Waals surface area contributed by atoms with Crippen molar-refractivity contribution in [1.82, 2.24) is 4.98 Å². The van der Waals surface area contributed by atoms with Crippen molar-refractivity contribution in [2.45, 2.75) is 19.9 Å².